The number of benzene rings is 1. The molecule has 0 aromatic heterocycles. The minimum atomic E-state index is -1.46. The lowest BCUT2D eigenvalue weighted by Crippen LogP contribution is -2.35. The topological polar surface area (TPSA) is 9.23 Å². The van der Waals surface area contributed by atoms with Crippen LogP contribution in [-0.2, 0) is 17.5 Å². The van der Waals surface area contributed by atoms with Crippen LogP contribution < -0.4 is 0 Å². The van der Waals surface area contributed by atoms with Gasteiger partial charge < -0.3 is 4.43 Å². The normalized spacial score (nSPS) is 12.2. The Hall–Kier alpha value is -0.863. The summed E-state index contributed by atoms with van der Waals surface area (Å²) in [6.07, 6.45) is 5.32. The highest BCUT2D eigenvalue weighted by Gasteiger charge is 2.28. The molecule has 0 amide bonds. The molecule has 0 N–H and O–H groups in total. The molecule has 0 spiro atoms. The molecule has 0 aliphatic heterocycles. The van der Waals surface area contributed by atoms with Crippen molar-refractivity contribution in [3.8, 4) is 0 Å². The van der Waals surface area contributed by atoms with Gasteiger partial charge >= 0.3 is 0 Å². The molecule has 0 unspecified atom stereocenters. The number of hydrogen-bond donors (Lipinski definition) is 0. The number of allylic oxidation sites excluding steroid dienone is 2. The van der Waals surface area contributed by atoms with Gasteiger partial charge in [-0.1, -0.05) is 57.2 Å². The second kappa shape index (κ2) is 8.34. The van der Waals surface area contributed by atoms with E-state index in [4.69, 9.17) is 4.43 Å². The highest BCUT2D eigenvalue weighted by atomic mass is 28.4. The van der Waals surface area contributed by atoms with Gasteiger partial charge in [0.15, 0.2) is 8.32 Å². The quantitative estimate of drug-likeness (QED) is 0.461. The molecular weight excluding hydrogens is 248 g/mol. The van der Waals surface area contributed by atoms with Crippen molar-refractivity contribution in [2.24, 2.45) is 0 Å². The SMILES string of the molecule is C/C=C/Cc1cccc(CO[Si](CC)(CC)CC)c1. The Balaban J connectivity index is 2.66. The van der Waals surface area contributed by atoms with Crippen LogP contribution in [0.15, 0.2) is 36.4 Å². The van der Waals surface area contributed by atoms with Crippen molar-refractivity contribution >= 4 is 8.32 Å². The van der Waals surface area contributed by atoms with Gasteiger partial charge in [0.25, 0.3) is 0 Å². The van der Waals surface area contributed by atoms with Crippen molar-refractivity contribution < 1.29 is 4.43 Å². The number of rotatable bonds is 8. The van der Waals surface area contributed by atoms with Crippen LogP contribution in [-0.4, -0.2) is 8.32 Å². The zero-order valence-electron chi connectivity index (χ0n) is 12.9. The summed E-state index contributed by atoms with van der Waals surface area (Å²) >= 11 is 0. The van der Waals surface area contributed by atoms with Crippen LogP contribution in [0.2, 0.25) is 18.1 Å². The predicted octanol–water partition coefficient (Wildman–Crippen LogP) is 5.33. The first-order chi connectivity index (χ1) is 9.19. The fraction of sp³-hybridized carbons (Fsp3) is 0.529. The van der Waals surface area contributed by atoms with E-state index in [9.17, 15) is 0 Å². The van der Waals surface area contributed by atoms with E-state index in [1.54, 1.807) is 0 Å². The molecule has 0 radical (unpaired) electrons. The van der Waals surface area contributed by atoms with Crippen molar-refractivity contribution in [2.75, 3.05) is 0 Å². The average molecular weight is 276 g/mol. The fourth-order valence-electron chi connectivity index (χ4n) is 2.39. The smallest absolute Gasteiger partial charge is 0.192 e. The van der Waals surface area contributed by atoms with E-state index in [2.05, 4.69) is 64.1 Å². The molecule has 0 saturated carbocycles. The van der Waals surface area contributed by atoms with Gasteiger partial charge in [-0.25, -0.2) is 0 Å². The minimum Gasteiger partial charge on any atom is -0.413 e. The maximum Gasteiger partial charge on any atom is 0.192 e. The van der Waals surface area contributed by atoms with Crippen molar-refractivity contribution in [1.82, 2.24) is 0 Å². The second-order valence-electron chi connectivity index (χ2n) is 5.13. The van der Waals surface area contributed by atoms with Crippen molar-refractivity contribution in [3.05, 3.63) is 47.5 Å². The Bertz CT molecular complexity index is 386. The zero-order valence-corrected chi connectivity index (χ0v) is 13.9. The summed E-state index contributed by atoms with van der Waals surface area (Å²) in [6.45, 7) is 9.69. The maximum absolute atomic E-state index is 6.34. The Kier molecular flexibility index (Phi) is 7.10. The van der Waals surface area contributed by atoms with Crippen molar-refractivity contribution in [1.29, 1.82) is 0 Å². The summed E-state index contributed by atoms with van der Waals surface area (Å²) in [4.78, 5) is 0. The standard InChI is InChI=1S/C17H28OSi/c1-5-9-11-16-12-10-13-17(14-16)15-18-19(6-2,7-3)8-4/h5,9-10,12-14H,6-8,11,15H2,1-4H3/b9-5+. The molecule has 1 aromatic carbocycles. The van der Waals surface area contributed by atoms with Gasteiger partial charge in [0, 0.05) is 0 Å². The van der Waals surface area contributed by atoms with Gasteiger partial charge in [-0.3, -0.25) is 0 Å². The summed E-state index contributed by atoms with van der Waals surface area (Å²) in [5.74, 6) is 0. The van der Waals surface area contributed by atoms with E-state index in [1.165, 1.54) is 29.3 Å². The maximum atomic E-state index is 6.34. The summed E-state index contributed by atoms with van der Waals surface area (Å²) in [6, 6.07) is 12.5. The molecule has 0 atom stereocenters. The van der Waals surface area contributed by atoms with E-state index in [0.717, 1.165) is 13.0 Å². The first-order valence-corrected chi connectivity index (χ1v) is 10.1. The lowest BCUT2D eigenvalue weighted by molar-refractivity contribution is 0.287. The zero-order chi connectivity index (χ0) is 14.1. The molecule has 0 aliphatic rings. The van der Waals surface area contributed by atoms with E-state index in [1.807, 2.05) is 0 Å². The first-order valence-electron chi connectivity index (χ1n) is 7.52. The summed E-state index contributed by atoms with van der Waals surface area (Å²) in [7, 11) is -1.46. The molecule has 1 rings (SSSR count). The second-order valence-corrected chi connectivity index (χ2v) is 9.90. The molecule has 19 heavy (non-hydrogen) atoms. The van der Waals surface area contributed by atoms with Crippen LogP contribution in [0.4, 0.5) is 0 Å². The van der Waals surface area contributed by atoms with Gasteiger partial charge in [-0.15, -0.1) is 0 Å². The molecule has 0 bridgehead atoms. The summed E-state index contributed by atoms with van der Waals surface area (Å²) in [5.41, 5.74) is 2.69. The molecule has 0 saturated heterocycles. The lowest BCUT2D eigenvalue weighted by atomic mass is 10.1. The van der Waals surface area contributed by atoms with E-state index < -0.39 is 8.32 Å². The molecule has 1 nitrogen and oxygen atoms in total. The van der Waals surface area contributed by atoms with Crippen molar-refractivity contribution in [2.45, 2.75) is 58.9 Å². The molecular formula is C17H28OSi. The summed E-state index contributed by atoms with van der Waals surface area (Å²) in [5, 5.41) is 0. The molecule has 0 aliphatic carbocycles. The molecule has 1 aromatic rings. The van der Waals surface area contributed by atoms with E-state index in [0.29, 0.717) is 0 Å². The predicted molar refractivity (Wildman–Crippen MR) is 86.9 cm³/mol. The third kappa shape index (κ3) is 4.96. The number of hydrogen-bond acceptors (Lipinski definition) is 1. The Morgan fingerprint density at radius 2 is 1.68 bits per heavy atom. The first kappa shape index (κ1) is 16.2. The lowest BCUT2D eigenvalue weighted by Gasteiger charge is -2.28. The van der Waals surface area contributed by atoms with Gasteiger partial charge in [0.05, 0.1) is 6.61 Å². The third-order valence-corrected chi connectivity index (χ3v) is 8.68. The Morgan fingerprint density at radius 1 is 1.05 bits per heavy atom. The van der Waals surface area contributed by atoms with Crippen LogP contribution in [0, 0.1) is 0 Å². The van der Waals surface area contributed by atoms with Crippen LogP contribution in [0.25, 0.3) is 0 Å². The van der Waals surface area contributed by atoms with Gasteiger partial charge in [-0.05, 0) is 42.6 Å². The third-order valence-electron chi connectivity index (χ3n) is 4.06. The van der Waals surface area contributed by atoms with E-state index >= 15 is 0 Å². The largest absolute Gasteiger partial charge is 0.413 e. The molecule has 2 heteroatoms. The average Bonchev–Trinajstić information content (AvgIpc) is 2.47. The molecule has 0 fully saturated rings. The van der Waals surface area contributed by atoms with Crippen molar-refractivity contribution in [3.63, 3.8) is 0 Å². The monoisotopic (exact) mass is 276 g/mol. The minimum absolute atomic E-state index is 0.783. The van der Waals surface area contributed by atoms with E-state index in [-0.39, 0.29) is 0 Å². The summed E-state index contributed by atoms with van der Waals surface area (Å²) < 4.78 is 6.34. The van der Waals surface area contributed by atoms with Gasteiger partial charge in [0.2, 0.25) is 0 Å². The Morgan fingerprint density at radius 3 is 2.26 bits per heavy atom. The highest BCUT2D eigenvalue weighted by Crippen LogP contribution is 2.23. The molecule has 0 heterocycles. The highest BCUT2D eigenvalue weighted by molar-refractivity contribution is 6.73. The van der Waals surface area contributed by atoms with Gasteiger partial charge in [0.1, 0.15) is 0 Å². The van der Waals surface area contributed by atoms with Crippen LogP contribution >= 0.6 is 0 Å². The van der Waals surface area contributed by atoms with Crippen LogP contribution in [0.3, 0.4) is 0 Å². The fourth-order valence-corrected chi connectivity index (χ4v) is 4.98. The Labute approximate surface area is 119 Å². The van der Waals surface area contributed by atoms with Crippen LogP contribution in [0.1, 0.15) is 38.8 Å². The van der Waals surface area contributed by atoms with Gasteiger partial charge in [-0.2, -0.15) is 0 Å². The van der Waals surface area contributed by atoms with Crippen LogP contribution in [0.5, 0.6) is 0 Å². The molecule has 106 valence electrons.